The van der Waals surface area contributed by atoms with Gasteiger partial charge >= 0.3 is 0 Å². The number of rotatable bonds is 3. The maximum Gasteiger partial charge on any atom is 0.213 e. The molecule has 1 aliphatic rings. The van der Waals surface area contributed by atoms with Crippen LogP contribution in [0.3, 0.4) is 0 Å². The van der Waals surface area contributed by atoms with Gasteiger partial charge in [0.1, 0.15) is 18.4 Å². The zero-order valence-electron chi connectivity index (χ0n) is 10.3. The molecule has 0 N–H and O–H groups in total. The number of benzene rings is 1. The fourth-order valence-corrected chi connectivity index (χ4v) is 4.44. The molecule has 1 aliphatic heterocycles. The number of carbonyl (C=O) groups is 1. The third-order valence-electron chi connectivity index (χ3n) is 2.71. The van der Waals surface area contributed by atoms with Crippen molar-refractivity contribution in [2.24, 2.45) is 0 Å². The second kappa shape index (κ2) is 6.03. The number of nitrogens with zero attached hydrogens (tertiary/aromatic N) is 3. The predicted molar refractivity (Wildman–Crippen MR) is 83.9 cm³/mol. The molecule has 0 radical (unpaired) electrons. The highest BCUT2D eigenvalue weighted by molar-refractivity contribution is 8.25. The summed E-state index contributed by atoms with van der Waals surface area (Å²) in [6, 6.07) is 6.89. The first-order valence-corrected chi connectivity index (χ1v) is 8.26. The second-order valence-electron chi connectivity index (χ2n) is 4.01. The molecule has 0 saturated carbocycles. The van der Waals surface area contributed by atoms with Crippen LogP contribution in [0, 0.1) is 0 Å². The van der Waals surface area contributed by atoms with Gasteiger partial charge in [0.2, 0.25) is 5.78 Å². The monoisotopic (exact) mass is 323 g/mol. The van der Waals surface area contributed by atoms with Gasteiger partial charge in [-0.15, -0.1) is 23.5 Å². The summed E-state index contributed by atoms with van der Waals surface area (Å²) >= 11 is 9.23. The van der Waals surface area contributed by atoms with Gasteiger partial charge in [0.15, 0.2) is 0 Å². The SMILES string of the molecule is O=C(C(=C1SCCS1)n1cncn1)c1ccc(Cl)cc1. The molecule has 0 aliphatic carbocycles. The van der Waals surface area contributed by atoms with Crippen LogP contribution in [0.25, 0.3) is 5.70 Å². The third kappa shape index (κ3) is 2.77. The molecule has 4 nitrogen and oxygen atoms in total. The number of carbonyl (C=O) groups excluding carboxylic acids is 1. The smallest absolute Gasteiger partial charge is 0.213 e. The van der Waals surface area contributed by atoms with Gasteiger partial charge < -0.3 is 0 Å². The second-order valence-corrected chi connectivity index (χ2v) is 6.91. The summed E-state index contributed by atoms with van der Waals surface area (Å²) in [7, 11) is 0. The molecule has 102 valence electrons. The van der Waals surface area contributed by atoms with E-state index in [0.29, 0.717) is 16.3 Å². The van der Waals surface area contributed by atoms with Crippen molar-refractivity contribution < 1.29 is 4.79 Å². The van der Waals surface area contributed by atoms with Crippen LogP contribution < -0.4 is 0 Å². The van der Waals surface area contributed by atoms with Gasteiger partial charge in [0.05, 0.1) is 4.24 Å². The molecule has 7 heteroatoms. The maximum absolute atomic E-state index is 12.7. The van der Waals surface area contributed by atoms with Crippen molar-refractivity contribution in [2.45, 2.75) is 0 Å². The van der Waals surface area contributed by atoms with Crippen molar-refractivity contribution in [3.63, 3.8) is 0 Å². The van der Waals surface area contributed by atoms with Gasteiger partial charge in [-0.25, -0.2) is 9.67 Å². The van der Waals surface area contributed by atoms with Crippen molar-refractivity contribution in [1.29, 1.82) is 0 Å². The number of ketones is 1. The van der Waals surface area contributed by atoms with Crippen molar-refractivity contribution in [1.82, 2.24) is 14.8 Å². The fourth-order valence-electron chi connectivity index (χ4n) is 1.80. The van der Waals surface area contributed by atoms with E-state index in [0.717, 1.165) is 15.7 Å². The van der Waals surface area contributed by atoms with E-state index in [-0.39, 0.29) is 5.78 Å². The lowest BCUT2D eigenvalue weighted by atomic mass is 10.1. The lowest BCUT2D eigenvalue weighted by molar-refractivity contribution is 0.105. The lowest BCUT2D eigenvalue weighted by Gasteiger charge is -2.09. The highest BCUT2D eigenvalue weighted by atomic mass is 35.5. The molecule has 1 aromatic carbocycles. The van der Waals surface area contributed by atoms with E-state index in [1.54, 1.807) is 54.1 Å². The average molecular weight is 324 g/mol. The number of thioether (sulfide) groups is 2. The molecule has 0 atom stereocenters. The number of allylic oxidation sites excluding steroid dienone is 1. The van der Waals surface area contributed by atoms with E-state index in [9.17, 15) is 4.79 Å². The minimum atomic E-state index is -0.0657. The van der Waals surface area contributed by atoms with Crippen LogP contribution >= 0.6 is 35.1 Å². The molecule has 1 fully saturated rings. The number of hydrogen-bond acceptors (Lipinski definition) is 5. The highest BCUT2D eigenvalue weighted by Gasteiger charge is 2.23. The van der Waals surface area contributed by atoms with E-state index in [4.69, 9.17) is 11.6 Å². The zero-order valence-corrected chi connectivity index (χ0v) is 12.7. The Morgan fingerprint density at radius 1 is 1.20 bits per heavy atom. The molecule has 3 rings (SSSR count). The Morgan fingerprint density at radius 3 is 2.50 bits per heavy atom. The number of hydrogen-bond donors (Lipinski definition) is 0. The van der Waals surface area contributed by atoms with Gasteiger partial charge in [0, 0.05) is 22.1 Å². The summed E-state index contributed by atoms with van der Waals surface area (Å²) in [5.74, 6) is 1.95. The largest absolute Gasteiger partial charge is 0.287 e. The molecule has 2 heterocycles. The van der Waals surface area contributed by atoms with Gasteiger partial charge in [-0.1, -0.05) is 11.6 Å². The van der Waals surface area contributed by atoms with Crippen LogP contribution in [0.5, 0.6) is 0 Å². The van der Waals surface area contributed by atoms with Crippen molar-refractivity contribution in [3.05, 3.63) is 51.7 Å². The van der Waals surface area contributed by atoms with Gasteiger partial charge in [0.25, 0.3) is 0 Å². The fraction of sp³-hybridized carbons (Fsp3) is 0.154. The summed E-state index contributed by atoms with van der Waals surface area (Å²) in [6.45, 7) is 0. The average Bonchev–Trinajstić information content (AvgIpc) is 3.13. The van der Waals surface area contributed by atoms with Crippen LogP contribution in [0.15, 0.2) is 41.2 Å². The van der Waals surface area contributed by atoms with Crippen LogP contribution in [-0.2, 0) is 0 Å². The molecule has 0 unspecified atom stereocenters. The number of aromatic nitrogens is 3. The summed E-state index contributed by atoms with van der Waals surface area (Å²) in [4.78, 5) is 16.7. The zero-order chi connectivity index (χ0) is 13.9. The molecular weight excluding hydrogens is 314 g/mol. The van der Waals surface area contributed by atoms with Crippen LogP contribution in [0.2, 0.25) is 5.02 Å². The van der Waals surface area contributed by atoms with Crippen molar-refractivity contribution in [2.75, 3.05) is 11.5 Å². The predicted octanol–water partition coefficient (Wildman–Crippen LogP) is 3.42. The Balaban J connectivity index is 2.04. The quantitative estimate of drug-likeness (QED) is 0.640. The van der Waals surface area contributed by atoms with Gasteiger partial charge in [-0.3, -0.25) is 4.79 Å². The van der Waals surface area contributed by atoms with Crippen molar-refractivity contribution in [3.8, 4) is 0 Å². The first-order chi connectivity index (χ1) is 9.75. The number of Topliss-reactive ketones (excluding diaryl/α,β-unsaturated/α-hetero) is 1. The molecule has 1 saturated heterocycles. The summed E-state index contributed by atoms with van der Waals surface area (Å²) in [5.41, 5.74) is 1.16. The Kier molecular flexibility index (Phi) is 4.14. The topological polar surface area (TPSA) is 47.8 Å². The van der Waals surface area contributed by atoms with E-state index in [1.165, 1.54) is 11.0 Å². The normalized spacial score (nSPS) is 14.6. The minimum Gasteiger partial charge on any atom is -0.287 e. The van der Waals surface area contributed by atoms with Crippen LogP contribution in [-0.4, -0.2) is 32.1 Å². The molecule has 2 aromatic rings. The molecular formula is C13H10ClN3OS2. The summed E-state index contributed by atoms with van der Waals surface area (Å²) in [6.07, 6.45) is 2.98. The number of halogens is 1. The van der Waals surface area contributed by atoms with E-state index in [2.05, 4.69) is 10.1 Å². The van der Waals surface area contributed by atoms with Crippen molar-refractivity contribution >= 4 is 46.6 Å². The van der Waals surface area contributed by atoms with E-state index >= 15 is 0 Å². The maximum atomic E-state index is 12.7. The molecule has 1 aromatic heterocycles. The first kappa shape index (κ1) is 13.7. The minimum absolute atomic E-state index is 0.0657. The Hall–Kier alpha value is -1.24. The van der Waals surface area contributed by atoms with Crippen LogP contribution in [0.1, 0.15) is 10.4 Å². The Morgan fingerprint density at radius 2 is 1.90 bits per heavy atom. The van der Waals surface area contributed by atoms with Gasteiger partial charge in [-0.05, 0) is 24.3 Å². The van der Waals surface area contributed by atoms with E-state index in [1.807, 2.05) is 0 Å². The lowest BCUT2D eigenvalue weighted by Crippen LogP contribution is -2.11. The van der Waals surface area contributed by atoms with Gasteiger partial charge in [-0.2, -0.15) is 5.10 Å². The molecule has 0 bridgehead atoms. The Labute approximate surface area is 129 Å². The van der Waals surface area contributed by atoms with E-state index < -0.39 is 0 Å². The first-order valence-electron chi connectivity index (χ1n) is 5.91. The molecule has 20 heavy (non-hydrogen) atoms. The highest BCUT2D eigenvalue weighted by Crippen LogP contribution is 2.40. The third-order valence-corrected chi connectivity index (χ3v) is 5.66. The van der Waals surface area contributed by atoms with Crippen LogP contribution in [0.4, 0.5) is 0 Å². The Bertz CT molecular complexity index is 645. The molecule has 0 spiro atoms. The molecule has 0 amide bonds. The standard InChI is InChI=1S/C13H10ClN3OS2/c14-10-3-1-9(2-4-10)12(18)11(13-19-5-6-20-13)17-8-15-7-16-17/h1-4,7-8H,5-6H2. The summed E-state index contributed by atoms with van der Waals surface area (Å²) < 4.78 is 2.54. The summed E-state index contributed by atoms with van der Waals surface area (Å²) in [5, 5.41) is 4.71.